The van der Waals surface area contributed by atoms with E-state index in [1.54, 1.807) is 11.3 Å². The second-order valence-corrected chi connectivity index (χ2v) is 4.91. The third-order valence-corrected chi connectivity index (χ3v) is 3.51. The number of hydrogen-bond donors (Lipinski definition) is 1. The van der Waals surface area contributed by atoms with Crippen LogP contribution in [0.2, 0.25) is 0 Å². The van der Waals surface area contributed by atoms with Crippen molar-refractivity contribution in [3.05, 3.63) is 16.8 Å². The maximum atomic E-state index is 3.60. The van der Waals surface area contributed by atoms with Gasteiger partial charge in [-0.3, -0.25) is 0 Å². The molecular formula is C11H17NS. The van der Waals surface area contributed by atoms with Gasteiger partial charge < -0.3 is 5.32 Å². The van der Waals surface area contributed by atoms with Crippen molar-refractivity contribution in [3.63, 3.8) is 0 Å². The molecule has 0 aliphatic heterocycles. The van der Waals surface area contributed by atoms with Crippen molar-refractivity contribution < 1.29 is 0 Å². The minimum atomic E-state index is 0.721. The van der Waals surface area contributed by atoms with E-state index in [2.05, 4.69) is 29.1 Å². The fourth-order valence-corrected chi connectivity index (χ4v) is 2.74. The van der Waals surface area contributed by atoms with Gasteiger partial charge in [-0.15, -0.1) is 0 Å². The Morgan fingerprint density at radius 1 is 1.46 bits per heavy atom. The van der Waals surface area contributed by atoms with Crippen LogP contribution in [0, 0.1) is 5.92 Å². The van der Waals surface area contributed by atoms with Gasteiger partial charge in [-0.1, -0.05) is 19.8 Å². The van der Waals surface area contributed by atoms with Crippen LogP contribution >= 0.6 is 11.3 Å². The predicted octanol–water partition coefficient (Wildman–Crippen LogP) is 3.74. The van der Waals surface area contributed by atoms with Gasteiger partial charge in [0.2, 0.25) is 0 Å². The number of anilines is 1. The average molecular weight is 195 g/mol. The molecule has 2 unspecified atom stereocenters. The van der Waals surface area contributed by atoms with Gasteiger partial charge in [0.15, 0.2) is 0 Å². The molecule has 1 nitrogen and oxygen atoms in total. The third kappa shape index (κ3) is 2.47. The highest BCUT2D eigenvalue weighted by molar-refractivity contribution is 7.08. The summed E-state index contributed by atoms with van der Waals surface area (Å²) in [5.41, 5.74) is 1.31. The fourth-order valence-electron chi connectivity index (χ4n) is 2.15. The average Bonchev–Trinajstić information content (AvgIpc) is 2.57. The Bertz CT molecular complexity index is 243. The summed E-state index contributed by atoms with van der Waals surface area (Å²) in [5.74, 6) is 0.907. The van der Waals surface area contributed by atoms with E-state index in [0.29, 0.717) is 0 Å². The SMILES string of the molecule is CC1CCCC(Nc2ccsc2)C1. The highest BCUT2D eigenvalue weighted by Gasteiger charge is 2.18. The van der Waals surface area contributed by atoms with E-state index >= 15 is 0 Å². The van der Waals surface area contributed by atoms with Gasteiger partial charge in [0, 0.05) is 17.1 Å². The smallest absolute Gasteiger partial charge is 0.0450 e. The molecule has 1 aliphatic rings. The molecule has 0 amide bonds. The number of thiophene rings is 1. The van der Waals surface area contributed by atoms with Crippen molar-refractivity contribution in [2.45, 2.75) is 38.6 Å². The van der Waals surface area contributed by atoms with Crippen molar-refractivity contribution in [1.82, 2.24) is 0 Å². The van der Waals surface area contributed by atoms with Crippen molar-refractivity contribution in [2.75, 3.05) is 5.32 Å². The summed E-state index contributed by atoms with van der Waals surface area (Å²) in [4.78, 5) is 0. The first-order valence-corrected chi connectivity index (χ1v) is 6.07. The fraction of sp³-hybridized carbons (Fsp3) is 0.636. The molecule has 0 aromatic carbocycles. The normalized spacial score (nSPS) is 28.7. The van der Waals surface area contributed by atoms with Crippen molar-refractivity contribution in [1.29, 1.82) is 0 Å². The van der Waals surface area contributed by atoms with Crippen LogP contribution in [0.25, 0.3) is 0 Å². The van der Waals surface area contributed by atoms with E-state index < -0.39 is 0 Å². The Labute approximate surface area is 84.2 Å². The Hall–Kier alpha value is -0.500. The summed E-state index contributed by atoms with van der Waals surface area (Å²) < 4.78 is 0. The highest BCUT2D eigenvalue weighted by Crippen LogP contribution is 2.26. The lowest BCUT2D eigenvalue weighted by molar-refractivity contribution is 0.359. The molecule has 1 fully saturated rings. The lowest BCUT2D eigenvalue weighted by Crippen LogP contribution is -2.25. The molecule has 0 spiro atoms. The van der Waals surface area contributed by atoms with E-state index in [9.17, 15) is 0 Å². The van der Waals surface area contributed by atoms with Gasteiger partial charge in [-0.25, -0.2) is 0 Å². The van der Waals surface area contributed by atoms with Crippen molar-refractivity contribution >= 4 is 17.0 Å². The van der Waals surface area contributed by atoms with Crippen molar-refractivity contribution in [2.24, 2.45) is 5.92 Å². The zero-order chi connectivity index (χ0) is 9.10. The second kappa shape index (κ2) is 4.14. The minimum absolute atomic E-state index is 0.721. The molecule has 1 saturated carbocycles. The van der Waals surface area contributed by atoms with Crippen LogP contribution in [-0.2, 0) is 0 Å². The molecule has 2 rings (SSSR count). The predicted molar refractivity (Wildman–Crippen MR) is 59.4 cm³/mol. The second-order valence-electron chi connectivity index (χ2n) is 4.13. The Kier molecular flexibility index (Phi) is 2.89. The topological polar surface area (TPSA) is 12.0 Å². The molecule has 1 N–H and O–H groups in total. The van der Waals surface area contributed by atoms with Gasteiger partial charge >= 0.3 is 0 Å². The van der Waals surface area contributed by atoms with Crippen molar-refractivity contribution in [3.8, 4) is 0 Å². The van der Waals surface area contributed by atoms with Crippen LogP contribution in [0.1, 0.15) is 32.6 Å². The van der Waals surface area contributed by atoms with Gasteiger partial charge in [-0.2, -0.15) is 11.3 Å². The van der Waals surface area contributed by atoms with Crippen LogP contribution in [0.15, 0.2) is 16.8 Å². The number of hydrogen-bond acceptors (Lipinski definition) is 2. The Balaban J connectivity index is 1.87. The summed E-state index contributed by atoms with van der Waals surface area (Å²) in [6.07, 6.45) is 5.50. The molecule has 0 bridgehead atoms. The van der Waals surface area contributed by atoms with E-state index in [0.717, 1.165) is 12.0 Å². The van der Waals surface area contributed by atoms with E-state index in [1.807, 2.05) is 0 Å². The van der Waals surface area contributed by atoms with E-state index in [4.69, 9.17) is 0 Å². The first-order valence-electron chi connectivity index (χ1n) is 5.13. The van der Waals surface area contributed by atoms with Gasteiger partial charge in [0.25, 0.3) is 0 Å². The van der Waals surface area contributed by atoms with Gasteiger partial charge in [-0.05, 0) is 30.2 Å². The zero-order valence-corrected chi connectivity index (χ0v) is 8.94. The zero-order valence-electron chi connectivity index (χ0n) is 8.12. The number of rotatable bonds is 2. The summed E-state index contributed by atoms with van der Waals surface area (Å²) in [5, 5.41) is 7.93. The molecule has 0 radical (unpaired) electrons. The Morgan fingerprint density at radius 2 is 2.38 bits per heavy atom. The van der Waals surface area contributed by atoms with Crippen LogP contribution in [0.3, 0.4) is 0 Å². The largest absolute Gasteiger partial charge is 0.382 e. The molecule has 1 aliphatic carbocycles. The molecule has 1 aromatic heterocycles. The first kappa shape index (κ1) is 9.07. The lowest BCUT2D eigenvalue weighted by atomic mass is 9.87. The number of nitrogens with one attached hydrogen (secondary N) is 1. The minimum Gasteiger partial charge on any atom is -0.382 e. The van der Waals surface area contributed by atoms with Gasteiger partial charge in [0.05, 0.1) is 0 Å². The monoisotopic (exact) mass is 195 g/mol. The van der Waals surface area contributed by atoms with Crippen LogP contribution < -0.4 is 5.32 Å². The summed E-state index contributed by atoms with van der Waals surface area (Å²) >= 11 is 1.77. The summed E-state index contributed by atoms with van der Waals surface area (Å²) in [6, 6.07) is 2.89. The molecule has 1 heterocycles. The van der Waals surface area contributed by atoms with Crippen LogP contribution in [-0.4, -0.2) is 6.04 Å². The maximum Gasteiger partial charge on any atom is 0.0450 e. The molecular weight excluding hydrogens is 178 g/mol. The standard InChI is InChI=1S/C11H17NS/c1-9-3-2-4-10(7-9)12-11-5-6-13-8-11/h5-6,8-10,12H,2-4,7H2,1H3. The maximum absolute atomic E-state index is 3.60. The lowest BCUT2D eigenvalue weighted by Gasteiger charge is -2.27. The summed E-state index contributed by atoms with van der Waals surface area (Å²) in [7, 11) is 0. The Morgan fingerprint density at radius 3 is 3.08 bits per heavy atom. The molecule has 72 valence electrons. The molecule has 2 atom stereocenters. The molecule has 13 heavy (non-hydrogen) atoms. The molecule has 1 aromatic rings. The van der Waals surface area contributed by atoms with Crippen LogP contribution in [0.4, 0.5) is 5.69 Å². The van der Waals surface area contributed by atoms with Gasteiger partial charge in [0.1, 0.15) is 0 Å². The molecule has 0 saturated heterocycles. The molecule has 2 heteroatoms. The highest BCUT2D eigenvalue weighted by atomic mass is 32.1. The van der Waals surface area contributed by atoms with E-state index in [1.165, 1.54) is 31.4 Å². The quantitative estimate of drug-likeness (QED) is 0.758. The summed E-state index contributed by atoms with van der Waals surface area (Å²) in [6.45, 7) is 2.36. The van der Waals surface area contributed by atoms with Crippen LogP contribution in [0.5, 0.6) is 0 Å². The first-order chi connectivity index (χ1) is 6.34. The third-order valence-electron chi connectivity index (χ3n) is 2.83. The van der Waals surface area contributed by atoms with E-state index in [-0.39, 0.29) is 0 Å².